The first kappa shape index (κ1) is 17.4. The molecule has 0 atom stereocenters. The smallest absolute Gasteiger partial charge is 0.256 e. The molecule has 3 aromatic carbocycles. The van der Waals surface area contributed by atoms with Gasteiger partial charge in [0.25, 0.3) is 5.91 Å². The van der Waals surface area contributed by atoms with Gasteiger partial charge in [0.1, 0.15) is 0 Å². The standard InChI is InChI=1S/C23H17BrN2O/c1-15-6-5-9-19-20(23(27)25-18-7-3-2-4-8-18)14-21(26-22(15)19)16-10-12-17(24)13-11-16/h2-14H,1H3,(H,25,27). The highest BCUT2D eigenvalue weighted by molar-refractivity contribution is 9.10. The van der Waals surface area contributed by atoms with E-state index in [0.29, 0.717) is 5.56 Å². The Labute approximate surface area is 166 Å². The number of hydrogen-bond donors (Lipinski definition) is 1. The van der Waals surface area contributed by atoms with E-state index in [1.165, 1.54) is 0 Å². The number of aryl methyl sites for hydroxylation is 1. The Morgan fingerprint density at radius 1 is 0.926 bits per heavy atom. The lowest BCUT2D eigenvalue weighted by atomic mass is 10.0. The molecule has 27 heavy (non-hydrogen) atoms. The number of nitrogens with zero attached hydrogens (tertiary/aromatic N) is 1. The van der Waals surface area contributed by atoms with Crippen LogP contribution in [0, 0.1) is 6.92 Å². The Balaban J connectivity index is 1.86. The van der Waals surface area contributed by atoms with Gasteiger partial charge in [-0.15, -0.1) is 0 Å². The van der Waals surface area contributed by atoms with Crippen molar-refractivity contribution in [2.45, 2.75) is 6.92 Å². The van der Waals surface area contributed by atoms with Gasteiger partial charge in [-0.25, -0.2) is 4.98 Å². The minimum Gasteiger partial charge on any atom is -0.322 e. The highest BCUT2D eigenvalue weighted by atomic mass is 79.9. The van der Waals surface area contributed by atoms with Crippen LogP contribution in [0.2, 0.25) is 0 Å². The average Bonchev–Trinajstić information content (AvgIpc) is 2.69. The third-order valence-electron chi connectivity index (χ3n) is 4.46. The molecular formula is C23H17BrN2O. The van der Waals surface area contributed by atoms with E-state index in [1.807, 2.05) is 85.8 Å². The number of benzene rings is 3. The van der Waals surface area contributed by atoms with Gasteiger partial charge < -0.3 is 5.32 Å². The Morgan fingerprint density at radius 3 is 2.41 bits per heavy atom. The molecule has 0 spiro atoms. The largest absolute Gasteiger partial charge is 0.322 e. The van der Waals surface area contributed by atoms with Crippen molar-refractivity contribution in [3.8, 4) is 11.3 Å². The van der Waals surface area contributed by atoms with Crippen LogP contribution in [0.4, 0.5) is 5.69 Å². The molecule has 4 heteroatoms. The van der Waals surface area contributed by atoms with E-state index in [0.717, 1.165) is 37.9 Å². The van der Waals surface area contributed by atoms with Crippen molar-refractivity contribution in [2.75, 3.05) is 5.32 Å². The molecule has 0 saturated carbocycles. The lowest BCUT2D eigenvalue weighted by Gasteiger charge is -2.12. The fourth-order valence-electron chi connectivity index (χ4n) is 3.07. The van der Waals surface area contributed by atoms with Crippen LogP contribution in [0.5, 0.6) is 0 Å². The molecule has 1 heterocycles. The summed E-state index contributed by atoms with van der Waals surface area (Å²) in [5.41, 5.74) is 5.02. The summed E-state index contributed by atoms with van der Waals surface area (Å²) in [5.74, 6) is -0.141. The van der Waals surface area contributed by atoms with Crippen LogP contribution in [0.1, 0.15) is 15.9 Å². The summed E-state index contributed by atoms with van der Waals surface area (Å²) in [5, 5.41) is 3.83. The van der Waals surface area contributed by atoms with Gasteiger partial charge in [0.15, 0.2) is 0 Å². The molecular weight excluding hydrogens is 400 g/mol. The Morgan fingerprint density at radius 2 is 1.67 bits per heavy atom. The molecule has 0 aliphatic heterocycles. The second kappa shape index (κ2) is 7.33. The second-order valence-electron chi connectivity index (χ2n) is 6.35. The van der Waals surface area contributed by atoms with Gasteiger partial charge in [-0.05, 0) is 42.8 Å². The molecule has 3 nitrogen and oxygen atoms in total. The number of amides is 1. The highest BCUT2D eigenvalue weighted by Crippen LogP contribution is 2.28. The van der Waals surface area contributed by atoms with E-state index >= 15 is 0 Å². The van der Waals surface area contributed by atoms with Crippen molar-refractivity contribution in [2.24, 2.45) is 0 Å². The SMILES string of the molecule is Cc1cccc2c(C(=O)Nc3ccccc3)cc(-c3ccc(Br)cc3)nc12. The Kier molecular flexibility index (Phi) is 4.73. The minimum atomic E-state index is -0.141. The van der Waals surface area contributed by atoms with Crippen LogP contribution in [0.25, 0.3) is 22.2 Å². The zero-order chi connectivity index (χ0) is 18.8. The van der Waals surface area contributed by atoms with Crippen molar-refractivity contribution in [3.63, 3.8) is 0 Å². The molecule has 0 aliphatic rings. The van der Waals surface area contributed by atoms with Crippen molar-refractivity contribution >= 4 is 38.4 Å². The van der Waals surface area contributed by atoms with Gasteiger partial charge in [-0.2, -0.15) is 0 Å². The van der Waals surface area contributed by atoms with Crippen molar-refractivity contribution < 1.29 is 4.79 Å². The number of rotatable bonds is 3. The number of halogens is 1. The van der Waals surface area contributed by atoms with Crippen molar-refractivity contribution in [1.29, 1.82) is 0 Å². The van der Waals surface area contributed by atoms with Gasteiger partial charge in [-0.3, -0.25) is 4.79 Å². The first-order chi connectivity index (χ1) is 13.1. The number of carbonyl (C=O) groups is 1. The number of anilines is 1. The molecule has 0 aliphatic carbocycles. The first-order valence-corrected chi connectivity index (χ1v) is 9.44. The number of aromatic nitrogens is 1. The van der Waals surface area contributed by atoms with Gasteiger partial charge in [-0.1, -0.05) is 64.5 Å². The van der Waals surface area contributed by atoms with Crippen molar-refractivity contribution in [1.82, 2.24) is 4.98 Å². The Bertz CT molecular complexity index is 1120. The van der Waals surface area contributed by atoms with E-state index in [4.69, 9.17) is 4.98 Å². The number of para-hydroxylation sites is 2. The lowest BCUT2D eigenvalue weighted by Crippen LogP contribution is -2.13. The minimum absolute atomic E-state index is 0.141. The fraction of sp³-hybridized carbons (Fsp3) is 0.0435. The molecule has 0 bridgehead atoms. The maximum atomic E-state index is 13.0. The monoisotopic (exact) mass is 416 g/mol. The third kappa shape index (κ3) is 3.62. The topological polar surface area (TPSA) is 42.0 Å². The maximum absolute atomic E-state index is 13.0. The molecule has 4 aromatic rings. The second-order valence-corrected chi connectivity index (χ2v) is 7.27. The number of nitrogens with one attached hydrogen (secondary N) is 1. The summed E-state index contributed by atoms with van der Waals surface area (Å²) in [6, 6.07) is 25.2. The van der Waals surface area contributed by atoms with Crippen LogP contribution in [0.15, 0.2) is 83.3 Å². The van der Waals surface area contributed by atoms with Crippen LogP contribution in [-0.2, 0) is 0 Å². The van der Waals surface area contributed by atoms with Crippen LogP contribution < -0.4 is 5.32 Å². The van der Waals surface area contributed by atoms with Gasteiger partial charge in [0, 0.05) is 21.1 Å². The summed E-state index contributed by atoms with van der Waals surface area (Å²) in [6.45, 7) is 2.01. The summed E-state index contributed by atoms with van der Waals surface area (Å²) < 4.78 is 1.00. The molecule has 4 rings (SSSR count). The third-order valence-corrected chi connectivity index (χ3v) is 4.99. The zero-order valence-corrected chi connectivity index (χ0v) is 16.3. The van der Waals surface area contributed by atoms with Gasteiger partial charge >= 0.3 is 0 Å². The molecule has 0 fully saturated rings. The van der Waals surface area contributed by atoms with E-state index < -0.39 is 0 Å². The number of pyridine rings is 1. The molecule has 1 amide bonds. The highest BCUT2D eigenvalue weighted by Gasteiger charge is 2.15. The van der Waals surface area contributed by atoms with Crippen molar-refractivity contribution in [3.05, 3.63) is 94.5 Å². The summed E-state index contributed by atoms with van der Waals surface area (Å²) in [6.07, 6.45) is 0. The molecule has 0 radical (unpaired) electrons. The van der Waals surface area contributed by atoms with Gasteiger partial charge in [0.05, 0.1) is 16.8 Å². The zero-order valence-electron chi connectivity index (χ0n) is 14.7. The molecule has 0 saturated heterocycles. The molecule has 1 N–H and O–H groups in total. The van der Waals surface area contributed by atoms with Gasteiger partial charge in [0.2, 0.25) is 0 Å². The molecule has 1 aromatic heterocycles. The summed E-state index contributed by atoms with van der Waals surface area (Å²) in [7, 11) is 0. The normalized spacial score (nSPS) is 10.7. The van der Waals surface area contributed by atoms with E-state index in [-0.39, 0.29) is 5.91 Å². The van der Waals surface area contributed by atoms with Crippen LogP contribution in [0.3, 0.4) is 0 Å². The number of hydrogen-bond acceptors (Lipinski definition) is 2. The number of carbonyl (C=O) groups excluding carboxylic acids is 1. The summed E-state index contributed by atoms with van der Waals surface area (Å²) >= 11 is 3.46. The molecule has 132 valence electrons. The van der Waals surface area contributed by atoms with E-state index in [2.05, 4.69) is 21.2 Å². The van der Waals surface area contributed by atoms with Crippen LogP contribution >= 0.6 is 15.9 Å². The number of fused-ring (bicyclic) bond motifs is 1. The van der Waals surface area contributed by atoms with E-state index in [9.17, 15) is 4.79 Å². The maximum Gasteiger partial charge on any atom is 0.256 e. The quantitative estimate of drug-likeness (QED) is 0.430. The van der Waals surface area contributed by atoms with E-state index in [1.54, 1.807) is 0 Å². The Hall–Kier alpha value is -2.98. The predicted octanol–water partition coefficient (Wildman–Crippen LogP) is 6.23. The molecule has 0 unspecified atom stereocenters. The van der Waals surface area contributed by atoms with Crippen LogP contribution in [-0.4, -0.2) is 10.9 Å². The first-order valence-electron chi connectivity index (χ1n) is 8.64. The average molecular weight is 417 g/mol. The lowest BCUT2D eigenvalue weighted by molar-refractivity contribution is 0.102. The predicted molar refractivity (Wildman–Crippen MR) is 114 cm³/mol. The fourth-order valence-corrected chi connectivity index (χ4v) is 3.33. The summed E-state index contributed by atoms with van der Waals surface area (Å²) in [4.78, 5) is 17.9.